The first kappa shape index (κ1) is 11.4. The van der Waals surface area contributed by atoms with Crippen molar-refractivity contribution in [1.82, 2.24) is 4.90 Å². The summed E-state index contributed by atoms with van der Waals surface area (Å²) in [7, 11) is 0. The van der Waals surface area contributed by atoms with Crippen LogP contribution in [0.4, 0.5) is 0 Å². The molecule has 3 heteroatoms. The Morgan fingerprint density at radius 2 is 1.62 bits per heavy atom. The quantitative estimate of drug-likeness (QED) is 0.529. The smallest absolute Gasteiger partial charge is 0.168 e. The average molecular weight is 221 g/mol. The highest BCUT2D eigenvalue weighted by molar-refractivity contribution is 6.22. The van der Waals surface area contributed by atoms with Gasteiger partial charge in [0.05, 0.1) is 5.57 Å². The van der Waals surface area contributed by atoms with Gasteiger partial charge in [0, 0.05) is 31.6 Å². The molecule has 1 aliphatic heterocycles. The van der Waals surface area contributed by atoms with Crippen LogP contribution in [0.2, 0.25) is 0 Å². The number of carbonyl (C=O) groups excluding carboxylic acids is 2. The lowest BCUT2D eigenvalue weighted by molar-refractivity contribution is -0.124. The van der Waals surface area contributed by atoms with E-state index in [1.165, 1.54) is 12.8 Å². The standard InChI is InChI=1S/C13H19NO2/c1-2-10(14-8-3-4-9-14)13-11(15)6-5-7-12(13)16/h2-9H2,1H3. The maximum atomic E-state index is 11.9. The molecule has 88 valence electrons. The minimum Gasteiger partial charge on any atom is -0.374 e. The SMILES string of the molecule is CCC(=C1C(=O)CCCC1=O)N1CCCC1. The van der Waals surface area contributed by atoms with Crippen LogP contribution in [0.5, 0.6) is 0 Å². The van der Waals surface area contributed by atoms with Crippen LogP contribution in [-0.4, -0.2) is 29.6 Å². The third kappa shape index (κ3) is 2.04. The van der Waals surface area contributed by atoms with Gasteiger partial charge in [0.1, 0.15) is 0 Å². The molecular formula is C13H19NO2. The van der Waals surface area contributed by atoms with Crippen LogP contribution in [0.15, 0.2) is 11.3 Å². The van der Waals surface area contributed by atoms with Crippen LogP contribution in [0.1, 0.15) is 45.4 Å². The highest BCUT2D eigenvalue weighted by Gasteiger charge is 2.29. The Hall–Kier alpha value is -1.12. The van der Waals surface area contributed by atoms with Crippen molar-refractivity contribution in [3.8, 4) is 0 Å². The fourth-order valence-electron chi connectivity index (χ4n) is 2.68. The molecule has 1 saturated heterocycles. The number of Topliss-reactive ketones (excluding diaryl/α,β-unsaturated/α-hetero) is 2. The first-order valence-corrected chi connectivity index (χ1v) is 6.28. The summed E-state index contributed by atoms with van der Waals surface area (Å²) in [6.45, 7) is 4.05. The zero-order chi connectivity index (χ0) is 11.5. The molecule has 1 saturated carbocycles. The van der Waals surface area contributed by atoms with Gasteiger partial charge in [-0.15, -0.1) is 0 Å². The molecule has 3 nitrogen and oxygen atoms in total. The predicted octanol–water partition coefficient (Wildman–Crippen LogP) is 2.07. The topological polar surface area (TPSA) is 37.4 Å². The lowest BCUT2D eigenvalue weighted by Crippen LogP contribution is -2.28. The summed E-state index contributed by atoms with van der Waals surface area (Å²) in [5.41, 5.74) is 1.53. The second-order valence-corrected chi connectivity index (χ2v) is 4.57. The molecule has 0 aromatic carbocycles. The summed E-state index contributed by atoms with van der Waals surface area (Å²) in [6, 6.07) is 0. The number of nitrogens with zero attached hydrogens (tertiary/aromatic N) is 1. The van der Waals surface area contributed by atoms with E-state index in [0.717, 1.165) is 31.6 Å². The molecule has 2 aliphatic rings. The molecule has 0 aromatic heterocycles. The summed E-state index contributed by atoms with van der Waals surface area (Å²) < 4.78 is 0. The normalized spacial score (nSPS) is 21.8. The monoisotopic (exact) mass is 221 g/mol. The predicted molar refractivity (Wildman–Crippen MR) is 62.0 cm³/mol. The summed E-state index contributed by atoms with van der Waals surface area (Å²) in [4.78, 5) is 25.9. The molecule has 1 aliphatic carbocycles. The van der Waals surface area contributed by atoms with E-state index in [0.29, 0.717) is 18.4 Å². The number of ketones is 2. The number of rotatable bonds is 2. The van der Waals surface area contributed by atoms with Crippen molar-refractivity contribution < 1.29 is 9.59 Å². The molecular weight excluding hydrogens is 202 g/mol. The molecule has 0 atom stereocenters. The molecule has 0 unspecified atom stereocenters. The van der Waals surface area contributed by atoms with Gasteiger partial charge in [-0.1, -0.05) is 6.92 Å². The number of likely N-dealkylation sites (tertiary alicyclic amines) is 1. The minimum atomic E-state index is 0.0694. The van der Waals surface area contributed by atoms with E-state index in [1.807, 2.05) is 6.92 Å². The third-order valence-corrected chi connectivity index (χ3v) is 3.48. The lowest BCUT2D eigenvalue weighted by Gasteiger charge is -2.25. The number of hydrogen-bond acceptors (Lipinski definition) is 3. The van der Waals surface area contributed by atoms with Gasteiger partial charge in [-0.3, -0.25) is 9.59 Å². The largest absolute Gasteiger partial charge is 0.374 e. The van der Waals surface area contributed by atoms with Gasteiger partial charge < -0.3 is 4.90 Å². The van der Waals surface area contributed by atoms with Crippen molar-refractivity contribution in [2.24, 2.45) is 0 Å². The van der Waals surface area contributed by atoms with Crippen molar-refractivity contribution in [3.63, 3.8) is 0 Å². The van der Waals surface area contributed by atoms with E-state index in [1.54, 1.807) is 0 Å². The van der Waals surface area contributed by atoms with E-state index in [9.17, 15) is 9.59 Å². The fourth-order valence-corrected chi connectivity index (χ4v) is 2.68. The van der Waals surface area contributed by atoms with Gasteiger partial charge in [0.15, 0.2) is 11.6 Å². The van der Waals surface area contributed by atoms with Gasteiger partial charge in [-0.2, -0.15) is 0 Å². The minimum absolute atomic E-state index is 0.0694. The van der Waals surface area contributed by atoms with Gasteiger partial charge in [0.25, 0.3) is 0 Å². The summed E-state index contributed by atoms with van der Waals surface area (Å²) in [5, 5.41) is 0. The fraction of sp³-hybridized carbons (Fsp3) is 0.692. The van der Waals surface area contributed by atoms with Crippen molar-refractivity contribution in [1.29, 1.82) is 0 Å². The number of allylic oxidation sites excluding steroid dienone is 2. The zero-order valence-electron chi connectivity index (χ0n) is 9.92. The Labute approximate surface area is 96.5 Å². The van der Waals surface area contributed by atoms with Crippen molar-refractivity contribution in [3.05, 3.63) is 11.3 Å². The Kier molecular flexibility index (Phi) is 3.42. The van der Waals surface area contributed by atoms with Crippen LogP contribution in [0.25, 0.3) is 0 Å². The summed E-state index contributed by atoms with van der Waals surface area (Å²) in [5.74, 6) is 0.139. The van der Waals surface area contributed by atoms with E-state index in [4.69, 9.17) is 0 Å². The van der Waals surface area contributed by atoms with Crippen molar-refractivity contribution in [2.45, 2.75) is 45.4 Å². The van der Waals surface area contributed by atoms with Crippen LogP contribution >= 0.6 is 0 Å². The highest BCUT2D eigenvalue weighted by Crippen LogP contribution is 2.26. The molecule has 16 heavy (non-hydrogen) atoms. The van der Waals surface area contributed by atoms with Crippen LogP contribution < -0.4 is 0 Å². The van der Waals surface area contributed by atoms with E-state index >= 15 is 0 Å². The van der Waals surface area contributed by atoms with E-state index in [2.05, 4.69) is 4.90 Å². The average Bonchev–Trinajstić information content (AvgIpc) is 2.77. The van der Waals surface area contributed by atoms with Gasteiger partial charge >= 0.3 is 0 Å². The third-order valence-electron chi connectivity index (χ3n) is 3.48. The van der Waals surface area contributed by atoms with Crippen molar-refractivity contribution >= 4 is 11.6 Å². The van der Waals surface area contributed by atoms with Crippen molar-refractivity contribution in [2.75, 3.05) is 13.1 Å². The summed E-state index contributed by atoms with van der Waals surface area (Å²) >= 11 is 0. The van der Waals surface area contributed by atoms with E-state index in [-0.39, 0.29) is 11.6 Å². The first-order valence-electron chi connectivity index (χ1n) is 6.28. The molecule has 0 radical (unpaired) electrons. The number of hydrogen-bond donors (Lipinski definition) is 0. The molecule has 0 N–H and O–H groups in total. The molecule has 0 amide bonds. The Morgan fingerprint density at radius 1 is 1.06 bits per heavy atom. The van der Waals surface area contributed by atoms with Gasteiger partial charge in [-0.05, 0) is 25.7 Å². The highest BCUT2D eigenvalue weighted by atomic mass is 16.1. The number of carbonyl (C=O) groups is 2. The maximum Gasteiger partial charge on any atom is 0.168 e. The first-order chi connectivity index (χ1) is 7.74. The molecule has 1 heterocycles. The van der Waals surface area contributed by atoms with Gasteiger partial charge in [0.2, 0.25) is 0 Å². The second-order valence-electron chi connectivity index (χ2n) is 4.57. The molecule has 0 spiro atoms. The van der Waals surface area contributed by atoms with Crippen LogP contribution in [0, 0.1) is 0 Å². The molecule has 2 rings (SSSR count). The van der Waals surface area contributed by atoms with Gasteiger partial charge in [-0.25, -0.2) is 0 Å². The Bertz CT molecular complexity index is 320. The maximum absolute atomic E-state index is 11.9. The molecule has 2 fully saturated rings. The molecule has 0 aromatic rings. The van der Waals surface area contributed by atoms with Crippen LogP contribution in [-0.2, 0) is 9.59 Å². The Morgan fingerprint density at radius 3 is 2.12 bits per heavy atom. The lowest BCUT2D eigenvalue weighted by atomic mass is 9.90. The zero-order valence-corrected chi connectivity index (χ0v) is 9.92. The Balaban J connectivity index is 2.32. The van der Waals surface area contributed by atoms with E-state index < -0.39 is 0 Å². The second kappa shape index (κ2) is 4.81. The van der Waals surface area contributed by atoms with Crippen LogP contribution in [0.3, 0.4) is 0 Å². The summed E-state index contributed by atoms with van der Waals surface area (Å²) in [6.07, 6.45) is 5.00. The molecule has 0 bridgehead atoms.